The molecule has 2 heterocycles. The van der Waals surface area contributed by atoms with Crippen LogP contribution in [-0.4, -0.2) is 26.0 Å². The fourth-order valence-corrected chi connectivity index (χ4v) is 4.21. The zero-order valence-corrected chi connectivity index (χ0v) is 18.0. The van der Waals surface area contributed by atoms with E-state index < -0.39 is 0 Å². The molecule has 0 atom stereocenters. The number of hydrogen-bond donors (Lipinski definition) is 2. The highest BCUT2D eigenvalue weighted by molar-refractivity contribution is 7.98. The largest absolute Gasteiger partial charge is 0.340 e. The highest BCUT2D eigenvalue weighted by atomic mass is 32.2. The number of amides is 1. The number of para-hydroxylation sites is 2. The van der Waals surface area contributed by atoms with Crippen molar-refractivity contribution in [3.63, 3.8) is 0 Å². The fraction of sp³-hybridized carbons (Fsp3) is 0.0833. The van der Waals surface area contributed by atoms with Crippen molar-refractivity contribution < 1.29 is 9.32 Å². The van der Waals surface area contributed by atoms with E-state index >= 15 is 0 Å². The van der Waals surface area contributed by atoms with Crippen molar-refractivity contribution in [1.82, 2.24) is 20.1 Å². The molecule has 0 aliphatic heterocycles. The second kappa shape index (κ2) is 8.68. The molecule has 0 saturated heterocycles. The normalized spacial score (nSPS) is 11.0. The Morgan fingerprint density at radius 1 is 1.00 bits per heavy atom. The number of nitrogens with one attached hydrogen (secondary N) is 2. The number of fused-ring (bicyclic) bond motifs is 1. The lowest BCUT2D eigenvalue weighted by atomic mass is 10.1. The van der Waals surface area contributed by atoms with Crippen LogP contribution in [0.5, 0.6) is 0 Å². The van der Waals surface area contributed by atoms with Gasteiger partial charge in [0.1, 0.15) is 5.82 Å². The number of H-pyrrole nitrogens is 1. The second-order valence-electron chi connectivity index (χ2n) is 7.15. The molecule has 0 aliphatic carbocycles. The maximum Gasteiger partial charge on any atom is 0.256 e. The number of thioether (sulfide) groups is 1. The first-order chi connectivity index (χ1) is 15.7. The molecule has 0 unspecified atom stereocenters. The minimum Gasteiger partial charge on any atom is -0.340 e. The molecule has 0 saturated carbocycles. The molecule has 5 aromatic rings. The molecule has 5 rings (SSSR count). The van der Waals surface area contributed by atoms with Crippen LogP contribution in [0.4, 0.5) is 5.69 Å². The molecular formula is C24H19N5O2S. The van der Waals surface area contributed by atoms with Crippen LogP contribution >= 0.6 is 11.8 Å². The Morgan fingerprint density at radius 3 is 2.56 bits per heavy atom. The smallest absolute Gasteiger partial charge is 0.256 e. The standard InChI is InChI=1S/C24H19N5O2S/c1-15-25-22(29-31-15)14-32-21-9-5-2-6-18(21)24(30)26-17-12-10-16(11-13-17)23-27-19-7-3-4-8-20(19)28-23/h2-13H,14H2,1H3,(H,26,30)(H,27,28). The number of aromatic amines is 1. The van der Waals surface area contributed by atoms with Gasteiger partial charge in [-0.2, -0.15) is 4.98 Å². The Kier molecular flexibility index (Phi) is 5.43. The van der Waals surface area contributed by atoms with Gasteiger partial charge in [-0.05, 0) is 48.5 Å². The summed E-state index contributed by atoms with van der Waals surface area (Å²) in [7, 11) is 0. The van der Waals surface area contributed by atoms with E-state index in [9.17, 15) is 4.79 Å². The summed E-state index contributed by atoms with van der Waals surface area (Å²) >= 11 is 1.50. The number of carbonyl (C=O) groups is 1. The Hall–Kier alpha value is -3.91. The molecular weight excluding hydrogens is 422 g/mol. The Labute approximate surface area is 188 Å². The average Bonchev–Trinajstić information content (AvgIpc) is 3.44. The number of aromatic nitrogens is 4. The number of benzene rings is 3. The highest BCUT2D eigenvalue weighted by Crippen LogP contribution is 2.27. The van der Waals surface area contributed by atoms with Crippen molar-refractivity contribution in [2.45, 2.75) is 17.6 Å². The van der Waals surface area contributed by atoms with Crippen LogP contribution in [-0.2, 0) is 5.75 Å². The maximum absolute atomic E-state index is 12.9. The van der Waals surface area contributed by atoms with Gasteiger partial charge < -0.3 is 14.8 Å². The Bertz CT molecular complexity index is 1360. The van der Waals surface area contributed by atoms with Gasteiger partial charge in [-0.15, -0.1) is 11.8 Å². The van der Waals surface area contributed by atoms with Crippen LogP contribution in [0.15, 0.2) is 82.2 Å². The van der Waals surface area contributed by atoms with Gasteiger partial charge in [-0.3, -0.25) is 4.79 Å². The first kappa shape index (κ1) is 20.0. The van der Waals surface area contributed by atoms with Gasteiger partial charge >= 0.3 is 0 Å². The third-order valence-electron chi connectivity index (χ3n) is 4.86. The maximum atomic E-state index is 12.9. The van der Waals surface area contributed by atoms with Gasteiger partial charge in [-0.25, -0.2) is 4.98 Å². The van der Waals surface area contributed by atoms with Gasteiger partial charge in [0.05, 0.1) is 22.3 Å². The highest BCUT2D eigenvalue weighted by Gasteiger charge is 2.13. The third kappa shape index (κ3) is 4.26. The quantitative estimate of drug-likeness (QED) is 0.339. The second-order valence-corrected chi connectivity index (χ2v) is 8.17. The molecule has 0 aliphatic rings. The van der Waals surface area contributed by atoms with Gasteiger partial charge in [0.2, 0.25) is 5.89 Å². The molecule has 0 fully saturated rings. The number of aryl methyl sites for hydroxylation is 1. The van der Waals surface area contributed by atoms with E-state index in [4.69, 9.17) is 4.52 Å². The average molecular weight is 442 g/mol. The minimum atomic E-state index is -0.172. The van der Waals surface area contributed by atoms with Crippen LogP contribution < -0.4 is 5.32 Å². The van der Waals surface area contributed by atoms with E-state index in [-0.39, 0.29) is 5.91 Å². The molecule has 1 amide bonds. The first-order valence-electron chi connectivity index (χ1n) is 10.0. The molecule has 158 valence electrons. The van der Waals surface area contributed by atoms with Gasteiger partial charge in [0, 0.05) is 23.1 Å². The number of hydrogen-bond acceptors (Lipinski definition) is 6. The number of carbonyl (C=O) groups excluding carboxylic acids is 1. The summed E-state index contributed by atoms with van der Waals surface area (Å²) in [6.45, 7) is 1.75. The van der Waals surface area contributed by atoms with Crippen molar-refractivity contribution in [3.8, 4) is 11.4 Å². The van der Waals surface area contributed by atoms with Crippen LogP contribution in [0.25, 0.3) is 22.4 Å². The van der Waals surface area contributed by atoms with E-state index in [1.165, 1.54) is 11.8 Å². The number of anilines is 1. The van der Waals surface area contributed by atoms with Crippen LogP contribution in [0.2, 0.25) is 0 Å². The van der Waals surface area contributed by atoms with Gasteiger partial charge in [-0.1, -0.05) is 29.4 Å². The lowest BCUT2D eigenvalue weighted by Crippen LogP contribution is -2.13. The summed E-state index contributed by atoms with van der Waals surface area (Å²) in [5.41, 5.74) is 4.17. The van der Waals surface area contributed by atoms with Crippen LogP contribution in [0.1, 0.15) is 22.1 Å². The Morgan fingerprint density at radius 2 is 1.78 bits per heavy atom. The monoisotopic (exact) mass is 441 g/mol. The predicted molar refractivity (Wildman–Crippen MR) is 125 cm³/mol. The van der Waals surface area contributed by atoms with E-state index in [1.807, 2.05) is 72.8 Å². The van der Waals surface area contributed by atoms with E-state index in [0.717, 1.165) is 27.3 Å². The summed E-state index contributed by atoms with van der Waals surface area (Å²) in [5, 5.41) is 6.88. The molecule has 2 aromatic heterocycles. The van der Waals surface area contributed by atoms with Crippen molar-refractivity contribution in [1.29, 1.82) is 0 Å². The lowest BCUT2D eigenvalue weighted by molar-refractivity contribution is 0.102. The number of imidazole rings is 1. The minimum absolute atomic E-state index is 0.172. The van der Waals surface area contributed by atoms with E-state index in [1.54, 1.807) is 6.92 Å². The zero-order valence-electron chi connectivity index (χ0n) is 17.2. The summed E-state index contributed by atoms with van der Waals surface area (Å²) in [6.07, 6.45) is 0. The zero-order chi connectivity index (χ0) is 21.9. The van der Waals surface area contributed by atoms with E-state index in [0.29, 0.717) is 28.7 Å². The molecule has 0 bridgehead atoms. The molecule has 0 radical (unpaired) electrons. The number of rotatable bonds is 6. The summed E-state index contributed by atoms with van der Waals surface area (Å²) in [5.74, 6) is 2.27. The molecule has 8 heteroatoms. The molecule has 7 nitrogen and oxygen atoms in total. The van der Waals surface area contributed by atoms with Gasteiger partial charge in [0.15, 0.2) is 5.82 Å². The van der Waals surface area contributed by atoms with E-state index in [2.05, 4.69) is 25.4 Å². The summed E-state index contributed by atoms with van der Waals surface area (Å²) in [4.78, 5) is 25.9. The molecule has 32 heavy (non-hydrogen) atoms. The topological polar surface area (TPSA) is 96.7 Å². The predicted octanol–water partition coefficient (Wildman–Crippen LogP) is 5.47. The third-order valence-corrected chi connectivity index (χ3v) is 5.93. The van der Waals surface area contributed by atoms with Crippen LogP contribution in [0.3, 0.4) is 0 Å². The molecule has 3 aromatic carbocycles. The SMILES string of the molecule is Cc1nc(CSc2ccccc2C(=O)Nc2ccc(-c3nc4ccccc4[nH]3)cc2)no1. The van der Waals surface area contributed by atoms with Crippen LogP contribution in [0, 0.1) is 6.92 Å². The summed E-state index contributed by atoms with van der Waals surface area (Å²) in [6, 6.07) is 23.0. The lowest BCUT2D eigenvalue weighted by Gasteiger charge is -2.10. The molecule has 2 N–H and O–H groups in total. The summed E-state index contributed by atoms with van der Waals surface area (Å²) < 4.78 is 5.01. The van der Waals surface area contributed by atoms with Crippen molar-refractivity contribution >= 4 is 34.4 Å². The van der Waals surface area contributed by atoms with Crippen molar-refractivity contribution in [3.05, 3.63) is 90.1 Å². The number of nitrogens with zero attached hydrogens (tertiary/aromatic N) is 3. The van der Waals surface area contributed by atoms with Crippen molar-refractivity contribution in [2.24, 2.45) is 0 Å². The van der Waals surface area contributed by atoms with Crippen molar-refractivity contribution in [2.75, 3.05) is 5.32 Å². The van der Waals surface area contributed by atoms with Gasteiger partial charge in [0.25, 0.3) is 5.91 Å². The fourth-order valence-electron chi connectivity index (χ4n) is 3.32. The Balaban J connectivity index is 1.29. The molecule has 0 spiro atoms. The first-order valence-corrected chi connectivity index (χ1v) is 11.0.